The van der Waals surface area contributed by atoms with Crippen molar-refractivity contribution in [3.8, 4) is 0 Å². The van der Waals surface area contributed by atoms with Crippen molar-refractivity contribution in [2.45, 2.75) is 91.6 Å². The molecule has 1 aliphatic carbocycles. The molecule has 0 atom stereocenters. The highest BCUT2D eigenvalue weighted by molar-refractivity contribution is 5.81. The van der Waals surface area contributed by atoms with Gasteiger partial charge in [0.25, 0.3) is 0 Å². The Hall–Kier alpha value is -0.370. The Balaban J connectivity index is 2.27. The minimum Gasteiger partial charge on any atom is -0.376 e. The summed E-state index contributed by atoms with van der Waals surface area (Å²) in [5, 5.41) is 0. The molecule has 0 heterocycles. The molecule has 118 valence electrons. The third-order valence-electron chi connectivity index (χ3n) is 4.25. The summed E-state index contributed by atoms with van der Waals surface area (Å²) in [5.41, 5.74) is 0.0673. The first-order valence-electron chi connectivity index (χ1n) is 8.36. The van der Waals surface area contributed by atoms with Gasteiger partial charge < -0.3 is 4.74 Å². The van der Waals surface area contributed by atoms with Crippen LogP contribution in [0, 0.1) is 11.3 Å². The molecule has 0 unspecified atom stereocenters. The summed E-state index contributed by atoms with van der Waals surface area (Å²) < 4.78 is 5.76. The molecule has 0 bridgehead atoms. The second-order valence-corrected chi connectivity index (χ2v) is 8.21. The zero-order valence-corrected chi connectivity index (χ0v) is 14.3. The fraction of sp³-hybridized carbons (Fsp3) is 0.944. The Morgan fingerprint density at radius 3 is 2.20 bits per heavy atom. The molecule has 0 aliphatic heterocycles. The van der Waals surface area contributed by atoms with Crippen LogP contribution in [0.25, 0.3) is 0 Å². The van der Waals surface area contributed by atoms with Crippen LogP contribution in [0.5, 0.6) is 0 Å². The molecule has 1 saturated carbocycles. The predicted octanol–water partition coefficient (Wildman–Crippen LogP) is 5.15. The van der Waals surface area contributed by atoms with E-state index in [0.29, 0.717) is 11.7 Å². The van der Waals surface area contributed by atoms with E-state index < -0.39 is 0 Å². The molecule has 1 aliphatic rings. The first-order chi connectivity index (χ1) is 9.20. The van der Waals surface area contributed by atoms with E-state index >= 15 is 0 Å². The third-order valence-corrected chi connectivity index (χ3v) is 4.25. The highest BCUT2D eigenvalue weighted by Gasteiger charge is 2.27. The topological polar surface area (TPSA) is 26.3 Å². The fourth-order valence-corrected chi connectivity index (χ4v) is 3.06. The van der Waals surface area contributed by atoms with Crippen molar-refractivity contribution in [3.63, 3.8) is 0 Å². The Morgan fingerprint density at radius 1 is 1.05 bits per heavy atom. The Morgan fingerprint density at radius 2 is 1.65 bits per heavy atom. The molecule has 0 aromatic heterocycles. The number of ketones is 1. The molecule has 1 fully saturated rings. The maximum Gasteiger partial charge on any atom is 0.136 e. The lowest BCUT2D eigenvalue weighted by Gasteiger charge is -2.28. The lowest BCUT2D eigenvalue weighted by molar-refractivity contribution is -0.126. The number of hydrogen-bond acceptors (Lipinski definition) is 2. The summed E-state index contributed by atoms with van der Waals surface area (Å²) in [6.45, 7) is 11.5. The summed E-state index contributed by atoms with van der Waals surface area (Å²) in [5.74, 6) is 0.861. The number of hydrogen-bond donors (Lipinski definition) is 0. The summed E-state index contributed by atoms with van der Waals surface area (Å²) in [4.78, 5) is 12.4. The Labute approximate surface area is 125 Å². The highest BCUT2D eigenvalue weighted by atomic mass is 16.5. The quantitative estimate of drug-likeness (QED) is 0.604. The van der Waals surface area contributed by atoms with Gasteiger partial charge in [0.15, 0.2) is 0 Å². The molecule has 0 N–H and O–H groups in total. The van der Waals surface area contributed by atoms with Crippen LogP contribution in [-0.4, -0.2) is 18.0 Å². The minimum atomic E-state index is -0.0535. The zero-order chi connectivity index (χ0) is 15.2. The maximum atomic E-state index is 12.4. The first-order valence-corrected chi connectivity index (χ1v) is 8.36. The lowest BCUT2D eigenvalue weighted by Crippen LogP contribution is -2.25. The van der Waals surface area contributed by atoms with E-state index in [1.165, 1.54) is 19.3 Å². The molecule has 20 heavy (non-hydrogen) atoms. The summed E-state index contributed by atoms with van der Waals surface area (Å²) in [7, 11) is 0. The zero-order valence-electron chi connectivity index (χ0n) is 14.3. The van der Waals surface area contributed by atoms with Crippen LogP contribution in [0.1, 0.15) is 86.0 Å². The van der Waals surface area contributed by atoms with Gasteiger partial charge in [0.05, 0.1) is 5.60 Å². The Kier molecular flexibility index (Phi) is 6.71. The van der Waals surface area contributed by atoms with Crippen LogP contribution >= 0.6 is 0 Å². The number of rotatable bonds is 7. The van der Waals surface area contributed by atoms with E-state index in [0.717, 1.165) is 38.7 Å². The van der Waals surface area contributed by atoms with Gasteiger partial charge in [-0.15, -0.1) is 0 Å². The summed E-state index contributed by atoms with van der Waals surface area (Å²) in [6, 6.07) is 0. The molecule has 0 radical (unpaired) electrons. The van der Waals surface area contributed by atoms with Crippen molar-refractivity contribution in [2.24, 2.45) is 11.3 Å². The van der Waals surface area contributed by atoms with E-state index in [1.54, 1.807) is 0 Å². The molecular weight excluding hydrogens is 248 g/mol. The standard InChI is InChI=1S/C18H34O2/c1-17(2,3)20-13-9-12-18(4,5)14-16(19)15-10-7-6-8-11-15/h15H,6-14H2,1-5H3. The van der Waals surface area contributed by atoms with E-state index in [-0.39, 0.29) is 11.0 Å². The second-order valence-electron chi connectivity index (χ2n) is 8.21. The number of ether oxygens (including phenoxy) is 1. The largest absolute Gasteiger partial charge is 0.376 e. The molecule has 2 nitrogen and oxygen atoms in total. The molecule has 0 aromatic carbocycles. The van der Waals surface area contributed by atoms with E-state index in [9.17, 15) is 4.79 Å². The first kappa shape index (κ1) is 17.7. The van der Waals surface area contributed by atoms with Gasteiger partial charge in [-0.1, -0.05) is 33.1 Å². The second kappa shape index (κ2) is 7.59. The van der Waals surface area contributed by atoms with E-state index in [2.05, 4.69) is 34.6 Å². The number of carbonyl (C=O) groups excluding carboxylic acids is 1. The van der Waals surface area contributed by atoms with E-state index in [1.807, 2.05) is 0 Å². The van der Waals surface area contributed by atoms with Crippen LogP contribution < -0.4 is 0 Å². The SMILES string of the molecule is CC(C)(CCCOC(C)(C)C)CC(=O)C1CCCCC1. The number of carbonyl (C=O) groups is 1. The van der Waals surface area contributed by atoms with Gasteiger partial charge in [-0.05, 0) is 51.9 Å². The lowest BCUT2D eigenvalue weighted by atomic mass is 9.77. The van der Waals surface area contributed by atoms with Gasteiger partial charge in [-0.2, -0.15) is 0 Å². The monoisotopic (exact) mass is 282 g/mol. The third kappa shape index (κ3) is 7.42. The van der Waals surface area contributed by atoms with Gasteiger partial charge in [0, 0.05) is 18.9 Å². The smallest absolute Gasteiger partial charge is 0.136 e. The van der Waals surface area contributed by atoms with Gasteiger partial charge in [-0.3, -0.25) is 4.79 Å². The Bertz CT molecular complexity index is 293. The minimum absolute atomic E-state index is 0.0535. The molecule has 0 amide bonds. The summed E-state index contributed by atoms with van der Waals surface area (Å²) in [6.07, 6.45) is 8.92. The molecule has 0 saturated heterocycles. The molecule has 0 aromatic rings. The van der Waals surface area contributed by atoms with Crippen LogP contribution in [0.15, 0.2) is 0 Å². The maximum absolute atomic E-state index is 12.4. The average molecular weight is 282 g/mol. The number of Topliss-reactive ketones (excluding diaryl/α,β-unsaturated/α-hetero) is 1. The van der Waals surface area contributed by atoms with Gasteiger partial charge in [0.1, 0.15) is 5.78 Å². The fourth-order valence-electron chi connectivity index (χ4n) is 3.06. The normalized spacial score (nSPS) is 18.2. The van der Waals surface area contributed by atoms with Crippen molar-refractivity contribution in [1.29, 1.82) is 0 Å². The van der Waals surface area contributed by atoms with Crippen LogP contribution in [0.3, 0.4) is 0 Å². The highest BCUT2D eigenvalue weighted by Crippen LogP contribution is 2.32. The van der Waals surface area contributed by atoms with Crippen molar-refractivity contribution in [3.05, 3.63) is 0 Å². The van der Waals surface area contributed by atoms with E-state index in [4.69, 9.17) is 4.74 Å². The van der Waals surface area contributed by atoms with Crippen molar-refractivity contribution in [2.75, 3.05) is 6.61 Å². The van der Waals surface area contributed by atoms with Crippen molar-refractivity contribution in [1.82, 2.24) is 0 Å². The summed E-state index contributed by atoms with van der Waals surface area (Å²) >= 11 is 0. The molecule has 2 heteroatoms. The van der Waals surface area contributed by atoms with Crippen LogP contribution in [0.2, 0.25) is 0 Å². The molecule has 1 rings (SSSR count). The molecular formula is C18H34O2. The van der Waals surface area contributed by atoms with Gasteiger partial charge in [-0.25, -0.2) is 0 Å². The predicted molar refractivity (Wildman–Crippen MR) is 84.9 cm³/mol. The van der Waals surface area contributed by atoms with Gasteiger partial charge >= 0.3 is 0 Å². The van der Waals surface area contributed by atoms with Gasteiger partial charge in [0.2, 0.25) is 0 Å². The van der Waals surface area contributed by atoms with Crippen molar-refractivity contribution >= 4 is 5.78 Å². The van der Waals surface area contributed by atoms with Crippen molar-refractivity contribution < 1.29 is 9.53 Å². The average Bonchev–Trinajstić information content (AvgIpc) is 2.34. The van der Waals surface area contributed by atoms with Crippen LogP contribution in [-0.2, 0) is 9.53 Å². The van der Waals surface area contributed by atoms with Crippen LogP contribution in [0.4, 0.5) is 0 Å². The molecule has 0 spiro atoms.